The maximum absolute atomic E-state index is 4.93. The molecule has 1 unspecified atom stereocenters. The van der Waals surface area contributed by atoms with Crippen LogP contribution in [0.3, 0.4) is 0 Å². The van der Waals surface area contributed by atoms with Gasteiger partial charge in [0.25, 0.3) is 0 Å². The summed E-state index contributed by atoms with van der Waals surface area (Å²) in [7, 11) is 3.98. The number of likely N-dealkylation sites (tertiary alicyclic amines) is 1. The van der Waals surface area contributed by atoms with Crippen LogP contribution in [0, 0.1) is 6.92 Å². The standard InChI is InChI=1S/C19H30N8.HI/c1-14-23-24-18(26(14)3)11-20-19(22-17-6-4-5-7-17)27-9-8-15(13-27)16-10-21-25(2)12-16;/h10,12,15,17H,4-9,11,13H2,1-3H3,(H,20,22);1H. The first-order valence-electron chi connectivity index (χ1n) is 9.99. The molecule has 28 heavy (non-hydrogen) atoms. The van der Waals surface area contributed by atoms with Crippen LogP contribution in [0.4, 0.5) is 0 Å². The third-order valence-electron chi connectivity index (χ3n) is 5.93. The highest BCUT2D eigenvalue weighted by Gasteiger charge is 2.28. The lowest BCUT2D eigenvalue weighted by molar-refractivity contribution is 0.464. The topological polar surface area (TPSA) is 76.2 Å². The molecule has 0 amide bonds. The maximum Gasteiger partial charge on any atom is 0.194 e. The van der Waals surface area contributed by atoms with Gasteiger partial charge in [0.05, 0.1) is 6.20 Å². The molecule has 1 saturated carbocycles. The number of hydrogen-bond acceptors (Lipinski definition) is 4. The van der Waals surface area contributed by atoms with Crippen LogP contribution in [-0.2, 0) is 20.6 Å². The van der Waals surface area contributed by atoms with E-state index in [2.05, 4.69) is 31.7 Å². The highest BCUT2D eigenvalue weighted by molar-refractivity contribution is 14.0. The predicted octanol–water partition coefficient (Wildman–Crippen LogP) is 2.35. The molecular formula is C19H31IN8. The van der Waals surface area contributed by atoms with Gasteiger partial charge in [-0.3, -0.25) is 4.68 Å². The first-order valence-corrected chi connectivity index (χ1v) is 9.99. The number of guanidine groups is 1. The summed E-state index contributed by atoms with van der Waals surface area (Å²) in [6.45, 7) is 4.54. The molecule has 0 radical (unpaired) electrons. The number of nitrogens with zero attached hydrogens (tertiary/aromatic N) is 7. The zero-order valence-electron chi connectivity index (χ0n) is 17.0. The second-order valence-electron chi connectivity index (χ2n) is 7.87. The highest BCUT2D eigenvalue weighted by Crippen LogP contribution is 2.27. The SMILES string of the molecule is Cc1nnc(CN=C(NC2CCCC2)N2CCC(c3cnn(C)c3)C2)n1C.I. The summed E-state index contributed by atoms with van der Waals surface area (Å²) >= 11 is 0. The Morgan fingerprint density at radius 1 is 1.21 bits per heavy atom. The van der Waals surface area contributed by atoms with E-state index in [4.69, 9.17) is 4.99 Å². The molecule has 2 aromatic heterocycles. The van der Waals surface area contributed by atoms with Crippen molar-refractivity contribution in [3.63, 3.8) is 0 Å². The van der Waals surface area contributed by atoms with Gasteiger partial charge in [-0.2, -0.15) is 5.10 Å². The first kappa shape index (κ1) is 21.1. The number of hydrogen-bond donors (Lipinski definition) is 1. The molecule has 2 fully saturated rings. The van der Waals surface area contributed by atoms with Gasteiger partial charge in [-0.05, 0) is 31.7 Å². The molecule has 1 saturated heterocycles. The van der Waals surface area contributed by atoms with Crippen molar-refractivity contribution in [2.24, 2.45) is 19.1 Å². The quantitative estimate of drug-likeness (QED) is 0.398. The zero-order chi connectivity index (χ0) is 18.8. The highest BCUT2D eigenvalue weighted by atomic mass is 127. The average Bonchev–Trinajstić information content (AvgIpc) is 3.43. The van der Waals surface area contributed by atoms with Gasteiger partial charge in [0.15, 0.2) is 11.8 Å². The third-order valence-corrected chi connectivity index (χ3v) is 5.93. The fourth-order valence-electron chi connectivity index (χ4n) is 4.10. The minimum atomic E-state index is 0. The van der Waals surface area contributed by atoms with Gasteiger partial charge in [-0.25, -0.2) is 4.99 Å². The van der Waals surface area contributed by atoms with E-state index in [1.165, 1.54) is 31.2 Å². The van der Waals surface area contributed by atoms with E-state index in [1.807, 2.05) is 36.5 Å². The Hall–Kier alpha value is -1.65. The predicted molar refractivity (Wildman–Crippen MR) is 120 cm³/mol. The number of halogens is 1. The van der Waals surface area contributed by atoms with Crippen LogP contribution in [0.5, 0.6) is 0 Å². The summed E-state index contributed by atoms with van der Waals surface area (Å²) < 4.78 is 3.90. The van der Waals surface area contributed by atoms with Crippen LogP contribution in [0.1, 0.15) is 55.2 Å². The molecule has 1 aliphatic heterocycles. The molecule has 1 N–H and O–H groups in total. The van der Waals surface area contributed by atoms with Crippen LogP contribution in [0.15, 0.2) is 17.4 Å². The smallest absolute Gasteiger partial charge is 0.194 e. The molecule has 1 aliphatic carbocycles. The molecule has 1 atom stereocenters. The monoisotopic (exact) mass is 498 g/mol. The van der Waals surface area contributed by atoms with Crippen molar-refractivity contribution in [2.45, 2.75) is 57.5 Å². The minimum absolute atomic E-state index is 0. The van der Waals surface area contributed by atoms with Crippen molar-refractivity contribution in [1.82, 2.24) is 34.8 Å². The summed E-state index contributed by atoms with van der Waals surface area (Å²) in [6, 6.07) is 0.544. The molecule has 0 spiro atoms. The van der Waals surface area contributed by atoms with E-state index in [1.54, 1.807) is 0 Å². The molecule has 4 rings (SSSR count). The number of rotatable bonds is 4. The van der Waals surface area contributed by atoms with Crippen molar-refractivity contribution in [1.29, 1.82) is 0 Å². The van der Waals surface area contributed by atoms with Gasteiger partial charge in [0, 0.05) is 45.3 Å². The Bertz CT molecular complexity index is 805. The Morgan fingerprint density at radius 2 is 2.00 bits per heavy atom. The average molecular weight is 498 g/mol. The fraction of sp³-hybridized carbons (Fsp3) is 0.684. The van der Waals surface area contributed by atoms with Crippen LogP contribution in [-0.4, -0.2) is 54.5 Å². The van der Waals surface area contributed by atoms with Gasteiger partial charge in [0.1, 0.15) is 12.4 Å². The van der Waals surface area contributed by atoms with Crippen LogP contribution in [0.25, 0.3) is 0 Å². The van der Waals surface area contributed by atoms with Crippen LogP contribution in [0.2, 0.25) is 0 Å². The van der Waals surface area contributed by atoms with Crippen molar-refractivity contribution < 1.29 is 0 Å². The van der Waals surface area contributed by atoms with E-state index >= 15 is 0 Å². The van der Waals surface area contributed by atoms with E-state index in [9.17, 15) is 0 Å². The molecule has 2 aromatic rings. The third kappa shape index (κ3) is 4.66. The van der Waals surface area contributed by atoms with Crippen LogP contribution < -0.4 is 5.32 Å². The number of aromatic nitrogens is 5. The number of nitrogens with one attached hydrogen (secondary N) is 1. The van der Waals surface area contributed by atoms with E-state index in [-0.39, 0.29) is 24.0 Å². The van der Waals surface area contributed by atoms with Gasteiger partial charge in [0.2, 0.25) is 0 Å². The second kappa shape index (κ2) is 9.23. The van der Waals surface area contributed by atoms with Gasteiger partial charge in [-0.1, -0.05) is 12.8 Å². The molecule has 9 heteroatoms. The molecule has 8 nitrogen and oxygen atoms in total. The van der Waals surface area contributed by atoms with E-state index in [0.29, 0.717) is 18.5 Å². The van der Waals surface area contributed by atoms with E-state index in [0.717, 1.165) is 37.1 Å². The van der Waals surface area contributed by atoms with Crippen molar-refractivity contribution >= 4 is 29.9 Å². The Labute approximate surface area is 183 Å². The van der Waals surface area contributed by atoms with Gasteiger partial charge < -0.3 is 14.8 Å². The summed E-state index contributed by atoms with van der Waals surface area (Å²) in [5.74, 6) is 3.37. The van der Waals surface area contributed by atoms with E-state index < -0.39 is 0 Å². The lowest BCUT2D eigenvalue weighted by atomic mass is 10.0. The normalized spacial score (nSPS) is 20.6. The Morgan fingerprint density at radius 3 is 2.64 bits per heavy atom. The Kier molecular flexibility index (Phi) is 6.95. The van der Waals surface area contributed by atoms with Crippen molar-refractivity contribution in [3.05, 3.63) is 29.6 Å². The fourth-order valence-corrected chi connectivity index (χ4v) is 4.10. The minimum Gasteiger partial charge on any atom is -0.353 e. The summed E-state index contributed by atoms with van der Waals surface area (Å²) in [4.78, 5) is 7.34. The summed E-state index contributed by atoms with van der Waals surface area (Å²) in [5.41, 5.74) is 1.32. The summed E-state index contributed by atoms with van der Waals surface area (Å²) in [5, 5.41) is 16.5. The lowest BCUT2D eigenvalue weighted by Crippen LogP contribution is -2.44. The molecule has 0 bridgehead atoms. The van der Waals surface area contributed by atoms with Crippen molar-refractivity contribution in [3.8, 4) is 0 Å². The van der Waals surface area contributed by atoms with Crippen LogP contribution >= 0.6 is 24.0 Å². The zero-order valence-corrected chi connectivity index (χ0v) is 19.3. The van der Waals surface area contributed by atoms with Gasteiger partial charge in [-0.15, -0.1) is 34.2 Å². The Balaban J connectivity index is 0.00000225. The van der Waals surface area contributed by atoms with Gasteiger partial charge >= 0.3 is 0 Å². The molecule has 3 heterocycles. The van der Waals surface area contributed by atoms with Crippen molar-refractivity contribution in [2.75, 3.05) is 13.1 Å². The molecule has 2 aliphatic rings. The molecule has 0 aromatic carbocycles. The largest absolute Gasteiger partial charge is 0.353 e. The maximum atomic E-state index is 4.93. The lowest BCUT2D eigenvalue weighted by Gasteiger charge is -2.25. The molecular weight excluding hydrogens is 467 g/mol. The number of aryl methyl sites for hydroxylation is 2. The number of aliphatic imine (C=N–C) groups is 1. The summed E-state index contributed by atoms with van der Waals surface area (Å²) in [6.07, 6.45) is 10.4. The molecule has 154 valence electrons. The first-order chi connectivity index (χ1) is 13.1. The second-order valence-corrected chi connectivity index (χ2v) is 7.87.